The number of anilines is 3. The van der Waals surface area contributed by atoms with Gasteiger partial charge in [0, 0.05) is 17.1 Å². The Bertz CT molecular complexity index is 2390. The summed E-state index contributed by atoms with van der Waals surface area (Å²) in [6.45, 7) is 6.78. The van der Waals surface area contributed by atoms with Gasteiger partial charge >= 0.3 is 0 Å². The smallest absolute Gasteiger partial charge is 0.0467 e. The summed E-state index contributed by atoms with van der Waals surface area (Å²) < 4.78 is 0. The third kappa shape index (κ3) is 6.72. The Hall–Kier alpha value is -6.18. The van der Waals surface area contributed by atoms with E-state index < -0.39 is 0 Å². The van der Waals surface area contributed by atoms with Gasteiger partial charge in [0.15, 0.2) is 0 Å². The van der Waals surface area contributed by atoms with Crippen molar-refractivity contribution in [3.63, 3.8) is 0 Å². The molecule has 0 atom stereocenters. The molecule has 246 valence electrons. The molecule has 0 unspecified atom stereocenters. The maximum Gasteiger partial charge on any atom is 0.0467 e. The number of benzene rings is 8. The van der Waals surface area contributed by atoms with Crippen LogP contribution in [0.25, 0.3) is 55.3 Å². The van der Waals surface area contributed by atoms with Crippen LogP contribution in [-0.4, -0.2) is 0 Å². The Kier molecular flexibility index (Phi) is 8.56. The highest BCUT2D eigenvalue weighted by atomic mass is 15.1. The van der Waals surface area contributed by atoms with Gasteiger partial charge in [0.25, 0.3) is 0 Å². The minimum atomic E-state index is 0.130. The number of hydrogen-bond acceptors (Lipinski definition) is 1. The maximum absolute atomic E-state index is 2.36. The van der Waals surface area contributed by atoms with E-state index in [-0.39, 0.29) is 5.41 Å². The van der Waals surface area contributed by atoms with E-state index in [1.165, 1.54) is 60.8 Å². The Morgan fingerprint density at radius 1 is 0.333 bits per heavy atom. The van der Waals surface area contributed by atoms with Crippen molar-refractivity contribution in [1.29, 1.82) is 0 Å². The minimum Gasteiger partial charge on any atom is -0.310 e. The van der Waals surface area contributed by atoms with E-state index >= 15 is 0 Å². The summed E-state index contributed by atoms with van der Waals surface area (Å²) in [5.74, 6) is 0. The van der Waals surface area contributed by atoms with Crippen LogP contribution in [0.15, 0.2) is 194 Å². The lowest BCUT2D eigenvalue weighted by atomic mass is 9.86. The van der Waals surface area contributed by atoms with Crippen LogP contribution in [0, 0.1) is 0 Å². The first kappa shape index (κ1) is 32.0. The zero-order chi connectivity index (χ0) is 34.8. The molecule has 0 radical (unpaired) electrons. The first-order chi connectivity index (χ1) is 24.9. The molecule has 0 heterocycles. The van der Waals surface area contributed by atoms with Crippen molar-refractivity contribution < 1.29 is 0 Å². The third-order valence-corrected chi connectivity index (χ3v) is 9.87. The number of rotatable bonds is 7. The van der Waals surface area contributed by atoms with Crippen molar-refractivity contribution in [1.82, 2.24) is 0 Å². The van der Waals surface area contributed by atoms with Gasteiger partial charge in [0.05, 0.1) is 0 Å². The van der Waals surface area contributed by atoms with Gasteiger partial charge in [-0.05, 0) is 103 Å². The molecule has 1 heteroatoms. The number of hydrogen-bond donors (Lipinski definition) is 0. The highest BCUT2D eigenvalue weighted by Gasteiger charge is 2.16. The van der Waals surface area contributed by atoms with Crippen molar-refractivity contribution in [2.75, 3.05) is 4.90 Å². The normalized spacial score (nSPS) is 11.4. The molecule has 0 aliphatic heterocycles. The molecule has 8 aromatic carbocycles. The molecule has 1 nitrogen and oxygen atoms in total. The van der Waals surface area contributed by atoms with Gasteiger partial charge in [0.2, 0.25) is 0 Å². The van der Waals surface area contributed by atoms with Gasteiger partial charge in [-0.15, -0.1) is 0 Å². The lowest BCUT2D eigenvalue weighted by Gasteiger charge is -2.26. The van der Waals surface area contributed by atoms with Crippen LogP contribution < -0.4 is 4.90 Å². The molecule has 0 aliphatic rings. The van der Waals surface area contributed by atoms with Gasteiger partial charge in [-0.25, -0.2) is 0 Å². The van der Waals surface area contributed by atoms with E-state index in [2.05, 4.69) is 220 Å². The molecular formula is C50H41N. The summed E-state index contributed by atoms with van der Waals surface area (Å²) in [6.07, 6.45) is 0. The average Bonchev–Trinajstić information content (AvgIpc) is 3.19. The largest absolute Gasteiger partial charge is 0.310 e. The summed E-state index contributed by atoms with van der Waals surface area (Å²) in [6, 6.07) is 70.4. The van der Waals surface area contributed by atoms with E-state index in [0.717, 1.165) is 17.1 Å². The van der Waals surface area contributed by atoms with Crippen LogP contribution in [0.4, 0.5) is 17.1 Å². The molecule has 0 bridgehead atoms. The summed E-state index contributed by atoms with van der Waals surface area (Å²) in [4.78, 5) is 2.36. The zero-order valence-electron chi connectivity index (χ0n) is 29.4. The summed E-state index contributed by atoms with van der Waals surface area (Å²) >= 11 is 0. The van der Waals surface area contributed by atoms with Crippen molar-refractivity contribution in [2.45, 2.75) is 26.2 Å². The molecule has 0 amide bonds. The Morgan fingerprint density at radius 3 is 1.33 bits per heavy atom. The fourth-order valence-corrected chi connectivity index (χ4v) is 6.99. The molecule has 8 rings (SSSR count). The van der Waals surface area contributed by atoms with Crippen molar-refractivity contribution >= 4 is 27.8 Å². The standard InChI is InChI=1S/C50H41N/c1-50(2,3)44-29-23-39(24-30-44)41-27-33-46(34-28-41)51(47-16-9-15-43(35-47)49-18-10-14-42-13-7-8-17-48(42)49)45-31-25-40(26-32-45)38-21-19-37(20-22-38)36-11-5-4-6-12-36/h4-35H,1-3H3. The predicted molar refractivity (Wildman–Crippen MR) is 219 cm³/mol. The SMILES string of the molecule is CC(C)(C)c1ccc(-c2ccc(N(c3ccc(-c4ccc(-c5ccccc5)cc4)cc3)c3cccc(-c4cccc5ccccc45)c3)cc2)cc1. The van der Waals surface area contributed by atoms with Crippen LogP contribution in [0.3, 0.4) is 0 Å². The van der Waals surface area contributed by atoms with Crippen molar-refractivity contribution in [3.05, 3.63) is 200 Å². The van der Waals surface area contributed by atoms with E-state index in [9.17, 15) is 0 Å². The first-order valence-electron chi connectivity index (χ1n) is 17.8. The Morgan fingerprint density at radius 2 is 0.765 bits per heavy atom. The second-order valence-electron chi connectivity index (χ2n) is 14.3. The van der Waals surface area contributed by atoms with Crippen LogP contribution in [0.1, 0.15) is 26.3 Å². The number of nitrogens with zero attached hydrogens (tertiary/aromatic N) is 1. The Labute approximate surface area is 302 Å². The molecule has 51 heavy (non-hydrogen) atoms. The average molecular weight is 656 g/mol. The highest BCUT2D eigenvalue weighted by molar-refractivity contribution is 5.97. The van der Waals surface area contributed by atoms with Gasteiger partial charge in [-0.1, -0.05) is 178 Å². The van der Waals surface area contributed by atoms with Gasteiger partial charge in [-0.3, -0.25) is 0 Å². The first-order valence-corrected chi connectivity index (χ1v) is 17.8. The van der Waals surface area contributed by atoms with Gasteiger partial charge in [0.1, 0.15) is 0 Å². The topological polar surface area (TPSA) is 3.24 Å². The fourth-order valence-electron chi connectivity index (χ4n) is 6.99. The molecule has 0 fully saturated rings. The Balaban J connectivity index is 1.17. The summed E-state index contributed by atoms with van der Waals surface area (Å²) in [5.41, 5.74) is 14.5. The van der Waals surface area contributed by atoms with E-state index in [0.29, 0.717) is 0 Å². The molecule has 0 aliphatic carbocycles. The van der Waals surface area contributed by atoms with E-state index in [1.54, 1.807) is 0 Å². The van der Waals surface area contributed by atoms with Crippen molar-refractivity contribution in [3.8, 4) is 44.5 Å². The molecular weight excluding hydrogens is 615 g/mol. The molecule has 0 saturated heterocycles. The van der Waals surface area contributed by atoms with Crippen LogP contribution in [0.2, 0.25) is 0 Å². The van der Waals surface area contributed by atoms with Gasteiger partial charge < -0.3 is 4.90 Å². The third-order valence-electron chi connectivity index (χ3n) is 9.87. The lowest BCUT2D eigenvalue weighted by molar-refractivity contribution is 0.590. The minimum absolute atomic E-state index is 0.130. The quantitative estimate of drug-likeness (QED) is 0.165. The number of fused-ring (bicyclic) bond motifs is 1. The molecule has 0 spiro atoms. The second-order valence-corrected chi connectivity index (χ2v) is 14.3. The van der Waals surface area contributed by atoms with Crippen molar-refractivity contribution in [2.24, 2.45) is 0 Å². The monoisotopic (exact) mass is 655 g/mol. The molecule has 0 N–H and O–H groups in total. The fraction of sp³-hybridized carbons (Fsp3) is 0.0800. The molecule has 8 aromatic rings. The molecule has 0 aromatic heterocycles. The van der Waals surface area contributed by atoms with E-state index in [4.69, 9.17) is 0 Å². The van der Waals surface area contributed by atoms with Crippen LogP contribution in [0.5, 0.6) is 0 Å². The molecule has 0 saturated carbocycles. The van der Waals surface area contributed by atoms with Crippen LogP contribution >= 0.6 is 0 Å². The maximum atomic E-state index is 2.36. The highest BCUT2D eigenvalue weighted by Crippen LogP contribution is 2.39. The van der Waals surface area contributed by atoms with Gasteiger partial charge in [-0.2, -0.15) is 0 Å². The second kappa shape index (κ2) is 13.6. The predicted octanol–water partition coefficient (Wildman–Crippen LogP) is 14.3. The van der Waals surface area contributed by atoms with E-state index in [1.807, 2.05) is 0 Å². The summed E-state index contributed by atoms with van der Waals surface area (Å²) in [7, 11) is 0. The lowest BCUT2D eigenvalue weighted by Crippen LogP contribution is -2.10. The summed E-state index contributed by atoms with van der Waals surface area (Å²) in [5, 5.41) is 2.50. The van der Waals surface area contributed by atoms with Crippen LogP contribution in [-0.2, 0) is 5.41 Å². The zero-order valence-corrected chi connectivity index (χ0v) is 29.4.